The summed E-state index contributed by atoms with van der Waals surface area (Å²) >= 11 is 1.77. The van der Waals surface area contributed by atoms with E-state index in [2.05, 4.69) is 29.1 Å². The van der Waals surface area contributed by atoms with Gasteiger partial charge in [-0.2, -0.15) is 0 Å². The molecule has 5 heteroatoms. The molecular formula is C15H23N3OS. The van der Waals surface area contributed by atoms with Crippen LogP contribution in [0.25, 0.3) is 11.0 Å². The summed E-state index contributed by atoms with van der Waals surface area (Å²) in [7, 11) is 1.68. The fourth-order valence-electron chi connectivity index (χ4n) is 2.01. The molecule has 0 radical (unpaired) electrons. The fraction of sp³-hybridized carbons (Fsp3) is 0.533. The molecule has 0 bridgehead atoms. The van der Waals surface area contributed by atoms with E-state index in [0.29, 0.717) is 6.04 Å². The lowest BCUT2D eigenvalue weighted by molar-refractivity contribution is 0.415. The zero-order valence-corrected chi connectivity index (χ0v) is 13.2. The molecule has 2 aromatic rings. The second-order valence-corrected chi connectivity index (χ2v) is 5.80. The molecule has 0 aliphatic rings. The SMILES string of the molecule is CCCNC(CC)CSc1nc2ccc(OC)cc2[nH]1. The van der Waals surface area contributed by atoms with Crippen LogP contribution in [0.2, 0.25) is 0 Å². The standard InChI is InChI=1S/C15H23N3OS/c1-4-8-16-11(5-2)10-20-15-17-13-7-6-12(19-3)9-14(13)18-15/h6-7,9,11,16H,4-5,8,10H2,1-3H3,(H,17,18). The Kier molecular flexibility index (Phi) is 5.73. The van der Waals surface area contributed by atoms with Crippen molar-refractivity contribution in [2.45, 2.75) is 37.9 Å². The Morgan fingerprint density at radius 2 is 2.25 bits per heavy atom. The summed E-state index contributed by atoms with van der Waals surface area (Å²) < 4.78 is 5.23. The normalized spacial score (nSPS) is 12.8. The van der Waals surface area contributed by atoms with E-state index >= 15 is 0 Å². The lowest BCUT2D eigenvalue weighted by Crippen LogP contribution is -2.31. The monoisotopic (exact) mass is 293 g/mol. The molecule has 0 fully saturated rings. The average Bonchev–Trinajstić information content (AvgIpc) is 2.89. The number of ether oxygens (including phenoxy) is 1. The van der Waals surface area contributed by atoms with Gasteiger partial charge in [0, 0.05) is 17.9 Å². The Morgan fingerprint density at radius 3 is 2.95 bits per heavy atom. The van der Waals surface area contributed by atoms with E-state index in [-0.39, 0.29) is 0 Å². The van der Waals surface area contributed by atoms with Crippen LogP contribution in [0.5, 0.6) is 5.75 Å². The smallest absolute Gasteiger partial charge is 0.166 e. The molecule has 0 amide bonds. The number of aromatic nitrogens is 2. The molecule has 1 aromatic heterocycles. The zero-order valence-electron chi connectivity index (χ0n) is 12.4. The van der Waals surface area contributed by atoms with Gasteiger partial charge in [-0.1, -0.05) is 25.6 Å². The van der Waals surface area contributed by atoms with Crippen molar-refractivity contribution in [1.29, 1.82) is 0 Å². The second kappa shape index (κ2) is 7.55. The Morgan fingerprint density at radius 1 is 1.40 bits per heavy atom. The van der Waals surface area contributed by atoms with Crippen molar-refractivity contribution in [3.63, 3.8) is 0 Å². The number of hydrogen-bond acceptors (Lipinski definition) is 4. The highest BCUT2D eigenvalue weighted by Crippen LogP contribution is 2.23. The maximum Gasteiger partial charge on any atom is 0.166 e. The number of imidazole rings is 1. The van der Waals surface area contributed by atoms with Gasteiger partial charge in [-0.05, 0) is 31.5 Å². The van der Waals surface area contributed by atoms with Gasteiger partial charge in [-0.15, -0.1) is 0 Å². The molecule has 1 heterocycles. The van der Waals surface area contributed by atoms with Crippen molar-refractivity contribution >= 4 is 22.8 Å². The van der Waals surface area contributed by atoms with Gasteiger partial charge >= 0.3 is 0 Å². The quantitative estimate of drug-likeness (QED) is 0.732. The largest absolute Gasteiger partial charge is 0.497 e. The third-order valence-electron chi connectivity index (χ3n) is 3.26. The molecule has 1 aromatic carbocycles. The second-order valence-electron chi connectivity index (χ2n) is 4.80. The van der Waals surface area contributed by atoms with Crippen LogP contribution in [-0.4, -0.2) is 35.4 Å². The van der Waals surface area contributed by atoms with E-state index in [9.17, 15) is 0 Å². The lowest BCUT2D eigenvalue weighted by atomic mass is 10.2. The van der Waals surface area contributed by atoms with Crippen molar-refractivity contribution in [3.05, 3.63) is 18.2 Å². The molecule has 2 rings (SSSR count). The van der Waals surface area contributed by atoms with Gasteiger partial charge in [0.1, 0.15) is 5.75 Å². The molecule has 1 atom stereocenters. The topological polar surface area (TPSA) is 49.9 Å². The van der Waals surface area contributed by atoms with Crippen molar-refractivity contribution in [2.75, 3.05) is 19.4 Å². The summed E-state index contributed by atoms with van der Waals surface area (Å²) in [6, 6.07) is 6.46. The van der Waals surface area contributed by atoms with Crippen LogP contribution in [0, 0.1) is 0 Å². The molecule has 2 N–H and O–H groups in total. The lowest BCUT2D eigenvalue weighted by Gasteiger charge is -2.14. The van der Waals surface area contributed by atoms with Gasteiger partial charge in [0.25, 0.3) is 0 Å². The predicted octanol–water partition coefficient (Wildman–Crippen LogP) is 3.44. The number of aromatic amines is 1. The van der Waals surface area contributed by atoms with Gasteiger partial charge in [-0.25, -0.2) is 4.98 Å². The van der Waals surface area contributed by atoms with Crippen LogP contribution in [0.3, 0.4) is 0 Å². The minimum absolute atomic E-state index is 0.544. The molecule has 0 spiro atoms. The highest BCUT2D eigenvalue weighted by atomic mass is 32.2. The third-order valence-corrected chi connectivity index (χ3v) is 4.30. The summed E-state index contributed by atoms with van der Waals surface area (Å²) in [5.41, 5.74) is 2.02. The van der Waals surface area contributed by atoms with E-state index < -0.39 is 0 Å². The molecule has 0 aliphatic heterocycles. The predicted molar refractivity (Wildman–Crippen MR) is 85.7 cm³/mol. The Labute approximate surface area is 124 Å². The Hall–Kier alpha value is -1.20. The van der Waals surface area contributed by atoms with E-state index in [0.717, 1.165) is 40.7 Å². The Bertz CT molecular complexity index is 541. The van der Waals surface area contributed by atoms with Gasteiger partial charge < -0.3 is 15.0 Å². The minimum Gasteiger partial charge on any atom is -0.497 e. The first-order valence-electron chi connectivity index (χ1n) is 7.16. The third kappa shape index (κ3) is 3.90. The summed E-state index contributed by atoms with van der Waals surface area (Å²) in [6.07, 6.45) is 2.31. The summed E-state index contributed by atoms with van der Waals surface area (Å²) in [5.74, 6) is 1.89. The van der Waals surface area contributed by atoms with Crippen LogP contribution in [-0.2, 0) is 0 Å². The van der Waals surface area contributed by atoms with Crippen LogP contribution in [0.1, 0.15) is 26.7 Å². The number of thioether (sulfide) groups is 1. The number of benzene rings is 1. The van der Waals surface area contributed by atoms with Crippen LogP contribution >= 0.6 is 11.8 Å². The minimum atomic E-state index is 0.544. The maximum absolute atomic E-state index is 5.23. The van der Waals surface area contributed by atoms with Gasteiger partial charge in [0.15, 0.2) is 5.16 Å². The first-order chi connectivity index (χ1) is 9.76. The molecule has 0 saturated heterocycles. The molecule has 1 unspecified atom stereocenters. The first kappa shape index (κ1) is 15.2. The number of hydrogen-bond donors (Lipinski definition) is 2. The van der Waals surface area contributed by atoms with Crippen molar-refractivity contribution in [1.82, 2.24) is 15.3 Å². The Balaban J connectivity index is 1.98. The first-order valence-corrected chi connectivity index (χ1v) is 8.15. The summed E-state index contributed by atoms with van der Waals surface area (Å²) in [4.78, 5) is 7.95. The van der Waals surface area contributed by atoms with Gasteiger partial charge in [0.05, 0.1) is 18.1 Å². The highest BCUT2D eigenvalue weighted by molar-refractivity contribution is 7.99. The van der Waals surface area contributed by atoms with Crippen molar-refractivity contribution in [3.8, 4) is 5.75 Å². The van der Waals surface area contributed by atoms with Crippen LogP contribution in [0.15, 0.2) is 23.4 Å². The molecule has 4 nitrogen and oxygen atoms in total. The van der Waals surface area contributed by atoms with Crippen LogP contribution in [0.4, 0.5) is 0 Å². The molecule has 0 saturated carbocycles. The van der Waals surface area contributed by atoms with Gasteiger partial charge in [-0.3, -0.25) is 0 Å². The number of methoxy groups -OCH3 is 1. The number of H-pyrrole nitrogens is 1. The number of nitrogens with one attached hydrogen (secondary N) is 2. The van der Waals surface area contributed by atoms with Crippen molar-refractivity contribution in [2.24, 2.45) is 0 Å². The summed E-state index contributed by atoms with van der Waals surface area (Å²) in [5, 5.41) is 4.54. The van der Waals surface area contributed by atoms with E-state index in [1.807, 2.05) is 18.2 Å². The number of fused-ring (bicyclic) bond motifs is 1. The molecule has 0 aliphatic carbocycles. The van der Waals surface area contributed by atoms with Crippen LogP contribution < -0.4 is 10.1 Å². The van der Waals surface area contributed by atoms with Crippen molar-refractivity contribution < 1.29 is 4.74 Å². The van der Waals surface area contributed by atoms with E-state index in [1.165, 1.54) is 6.42 Å². The molecular weight excluding hydrogens is 270 g/mol. The zero-order chi connectivity index (χ0) is 14.4. The molecule has 110 valence electrons. The van der Waals surface area contributed by atoms with E-state index in [4.69, 9.17) is 4.74 Å². The molecule has 20 heavy (non-hydrogen) atoms. The fourth-order valence-corrected chi connectivity index (χ4v) is 3.07. The van der Waals surface area contributed by atoms with Gasteiger partial charge in [0.2, 0.25) is 0 Å². The number of nitrogens with zero attached hydrogens (tertiary/aromatic N) is 1. The van der Waals surface area contributed by atoms with E-state index in [1.54, 1.807) is 18.9 Å². The summed E-state index contributed by atoms with van der Waals surface area (Å²) in [6.45, 7) is 5.49. The number of rotatable bonds is 8. The highest BCUT2D eigenvalue weighted by Gasteiger charge is 2.09. The average molecular weight is 293 g/mol. The maximum atomic E-state index is 5.23.